The van der Waals surface area contributed by atoms with Crippen molar-refractivity contribution in [2.45, 2.75) is 11.1 Å². The van der Waals surface area contributed by atoms with Crippen molar-refractivity contribution >= 4 is 10.1 Å². The standard InChI is InChI=1S/C7H10N2O3S/c8-7(9)5-2-1-3-6(4-5)13(10,11)12/h1-4,7H,8-9H2,(H,10,11,12). The lowest BCUT2D eigenvalue weighted by atomic mass is 10.2. The molecule has 0 saturated heterocycles. The van der Waals surface area contributed by atoms with Gasteiger partial charge >= 0.3 is 0 Å². The number of nitrogens with two attached hydrogens (primary N) is 2. The second-order valence-electron chi connectivity index (χ2n) is 2.57. The van der Waals surface area contributed by atoms with Crippen molar-refractivity contribution in [3.63, 3.8) is 0 Å². The fourth-order valence-corrected chi connectivity index (χ4v) is 1.42. The largest absolute Gasteiger partial charge is 0.312 e. The van der Waals surface area contributed by atoms with Gasteiger partial charge in [-0.1, -0.05) is 12.1 Å². The lowest BCUT2D eigenvalue weighted by Crippen LogP contribution is -2.20. The van der Waals surface area contributed by atoms with Gasteiger partial charge in [0.15, 0.2) is 0 Å². The first kappa shape index (κ1) is 10.1. The first-order chi connectivity index (χ1) is 5.91. The second-order valence-corrected chi connectivity index (χ2v) is 3.99. The summed E-state index contributed by atoms with van der Waals surface area (Å²) < 4.78 is 30.0. The minimum absolute atomic E-state index is 0.203. The zero-order valence-electron chi connectivity index (χ0n) is 6.71. The lowest BCUT2D eigenvalue weighted by Gasteiger charge is -2.05. The summed E-state index contributed by atoms with van der Waals surface area (Å²) in [5.41, 5.74) is 11.1. The van der Waals surface area contributed by atoms with Crippen LogP contribution in [0.2, 0.25) is 0 Å². The molecular weight excluding hydrogens is 192 g/mol. The van der Waals surface area contributed by atoms with Gasteiger partial charge in [-0.2, -0.15) is 8.42 Å². The molecule has 0 aliphatic rings. The summed E-state index contributed by atoms with van der Waals surface area (Å²) in [7, 11) is -4.17. The van der Waals surface area contributed by atoms with Gasteiger partial charge in [-0.15, -0.1) is 0 Å². The topological polar surface area (TPSA) is 106 Å². The molecule has 5 nitrogen and oxygen atoms in total. The molecule has 0 unspecified atom stereocenters. The van der Waals surface area contributed by atoms with E-state index < -0.39 is 16.3 Å². The molecule has 0 bridgehead atoms. The van der Waals surface area contributed by atoms with E-state index in [4.69, 9.17) is 16.0 Å². The smallest absolute Gasteiger partial charge is 0.294 e. The highest BCUT2D eigenvalue weighted by atomic mass is 32.2. The molecule has 5 N–H and O–H groups in total. The third-order valence-electron chi connectivity index (χ3n) is 1.54. The van der Waals surface area contributed by atoms with E-state index >= 15 is 0 Å². The molecule has 0 amide bonds. The highest BCUT2D eigenvalue weighted by Gasteiger charge is 2.10. The molecule has 0 aromatic heterocycles. The normalized spacial score (nSPS) is 12.0. The van der Waals surface area contributed by atoms with Gasteiger partial charge < -0.3 is 11.5 Å². The van der Waals surface area contributed by atoms with Crippen LogP contribution in [0.4, 0.5) is 0 Å². The van der Waals surface area contributed by atoms with Crippen molar-refractivity contribution in [3.05, 3.63) is 29.8 Å². The predicted molar refractivity (Wildman–Crippen MR) is 47.4 cm³/mol. The van der Waals surface area contributed by atoms with Crippen LogP contribution in [0, 0.1) is 0 Å². The molecular formula is C7H10N2O3S. The molecule has 0 saturated carbocycles. The fraction of sp³-hybridized carbons (Fsp3) is 0.143. The van der Waals surface area contributed by atoms with E-state index in [9.17, 15) is 8.42 Å². The van der Waals surface area contributed by atoms with Crippen molar-refractivity contribution in [3.8, 4) is 0 Å². The molecule has 1 aromatic rings. The number of rotatable bonds is 2. The van der Waals surface area contributed by atoms with Gasteiger partial charge in [0.05, 0.1) is 11.1 Å². The first-order valence-corrected chi connectivity index (χ1v) is 4.94. The molecule has 1 rings (SSSR count). The van der Waals surface area contributed by atoms with Crippen LogP contribution in [0.3, 0.4) is 0 Å². The predicted octanol–water partition coefficient (Wildman–Crippen LogP) is -0.151. The van der Waals surface area contributed by atoms with Crippen molar-refractivity contribution in [2.24, 2.45) is 11.5 Å². The number of benzene rings is 1. The molecule has 0 spiro atoms. The SMILES string of the molecule is NC(N)c1cccc(S(=O)(=O)O)c1. The number of hydrogen-bond donors (Lipinski definition) is 3. The second kappa shape index (κ2) is 3.43. The van der Waals surface area contributed by atoms with Gasteiger partial charge in [0.25, 0.3) is 10.1 Å². The van der Waals surface area contributed by atoms with Gasteiger partial charge in [-0.05, 0) is 17.7 Å². The molecule has 0 heterocycles. The zero-order chi connectivity index (χ0) is 10.1. The Morgan fingerprint density at radius 2 is 1.92 bits per heavy atom. The summed E-state index contributed by atoms with van der Waals surface area (Å²) in [6.07, 6.45) is -0.748. The Morgan fingerprint density at radius 1 is 1.31 bits per heavy atom. The first-order valence-electron chi connectivity index (χ1n) is 3.50. The molecule has 0 fully saturated rings. The van der Waals surface area contributed by atoms with Gasteiger partial charge in [-0.3, -0.25) is 4.55 Å². The Balaban J connectivity index is 3.21. The quantitative estimate of drug-likeness (QED) is 0.456. The molecule has 13 heavy (non-hydrogen) atoms. The van der Waals surface area contributed by atoms with Crippen molar-refractivity contribution < 1.29 is 13.0 Å². The highest BCUT2D eigenvalue weighted by molar-refractivity contribution is 7.85. The van der Waals surface area contributed by atoms with Gasteiger partial charge in [0, 0.05) is 0 Å². The van der Waals surface area contributed by atoms with Crippen LogP contribution in [0.1, 0.15) is 11.7 Å². The minimum Gasteiger partial charge on any atom is -0.312 e. The van der Waals surface area contributed by atoms with Crippen molar-refractivity contribution in [2.75, 3.05) is 0 Å². The van der Waals surface area contributed by atoms with E-state index in [0.29, 0.717) is 5.56 Å². The molecule has 0 radical (unpaired) electrons. The van der Waals surface area contributed by atoms with Crippen LogP contribution in [0.5, 0.6) is 0 Å². The van der Waals surface area contributed by atoms with Crippen LogP contribution in [-0.2, 0) is 10.1 Å². The van der Waals surface area contributed by atoms with E-state index in [2.05, 4.69) is 0 Å². The monoisotopic (exact) mass is 202 g/mol. The van der Waals surface area contributed by atoms with Crippen molar-refractivity contribution in [1.29, 1.82) is 0 Å². The van der Waals surface area contributed by atoms with E-state index in [1.807, 2.05) is 0 Å². The van der Waals surface area contributed by atoms with E-state index in [0.717, 1.165) is 0 Å². The minimum atomic E-state index is -4.17. The van der Waals surface area contributed by atoms with Gasteiger partial charge in [-0.25, -0.2) is 0 Å². The Kier molecular flexibility index (Phi) is 2.67. The molecule has 6 heteroatoms. The maximum Gasteiger partial charge on any atom is 0.294 e. The highest BCUT2D eigenvalue weighted by Crippen LogP contribution is 2.13. The third kappa shape index (κ3) is 2.49. The summed E-state index contributed by atoms with van der Waals surface area (Å²) in [5, 5.41) is 0. The maximum atomic E-state index is 10.7. The molecule has 72 valence electrons. The average molecular weight is 202 g/mol. The Bertz CT molecular complexity index is 400. The van der Waals surface area contributed by atoms with Crippen molar-refractivity contribution in [1.82, 2.24) is 0 Å². The summed E-state index contributed by atoms with van der Waals surface area (Å²) in [6, 6.07) is 5.55. The zero-order valence-corrected chi connectivity index (χ0v) is 7.53. The summed E-state index contributed by atoms with van der Waals surface area (Å²) in [5.74, 6) is 0. The molecule has 0 aliphatic heterocycles. The van der Waals surface area contributed by atoms with Gasteiger partial charge in [0.1, 0.15) is 0 Å². The summed E-state index contributed by atoms with van der Waals surface area (Å²) >= 11 is 0. The van der Waals surface area contributed by atoms with Crippen LogP contribution in [-0.4, -0.2) is 13.0 Å². The third-order valence-corrected chi connectivity index (χ3v) is 2.39. The molecule has 0 aliphatic carbocycles. The van der Waals surface area contributed by atoms with Crippen LogP contribution in [0.15, 0.2) is 29.2 Å². The van der Waals surface area contributed by atoms with Crippen LogP contribution >= 0.6 is 0 Å². The lowest BCUT2D eigenvalue weighted by molar-refractivity contribution is 0.483. The van der Waals surface area contributed by atoms with E-state index in [1.165, 1.54) is 18.2 Å². The Hall–Kier alpha value is -0.950. The van der Waals surface area contributed by atoms with Gasteiger partial charge in [0.2, 0.25) is 0 Å². The van der Waals surface area contributed by atoms with Crippen LogP contribution in [0.25, 0.3) is 0 Å². The van der Waals surface area contributed by atoms with E-state index in [-0.39, 0.29) is 4.90 Å². The molecule has 1 aromatic carbocycles. The average Bonchev–Trinajstić information content (AvgIpc) is 2.03. The van der Waals surface area contributed by atoms with E-state index in [1.54, 1.807) is 6.07 Å². The van der Waals surface area contributed by atoms with Crippen LogP contribution < -0.4 is 11.5 Å². The fourth-order valence-electron chi connectivity index (χ4n) is 0.882. The summed E-state index contributed by atoms with van der Waals surface area (Å²) in [4.78, 5) is -0.203. The Morgan fingerprint density at radius 3 is 2.38 bits per heavy atom. The number of hydrogen-bond acceptors (Lipinski definition) is 4. The maximum absolute atomic E-state index is 10.7. The Labute approximate surface area is 76.1 Å². The summed E-state index contributed by atoms with van der Waals surface area (Å²) in [6.45, 7) is 0. The molecule has 0 atom stereocenters.